The molecule has 5 heterocycles. The van der Waals surface area contributed by atoms with Crippen molar-refractivity contribution in [3.8, 4) is 44.5 Å². The van der Waals surface area contributed by atoms with E-state index in [9.17, 15) is 33.7 Å². The van der Waals surface area contributed by atoms with Gasteiger partial charge in [0, 0.05) is 105 Å². The van der Waals surface area contributed by atoms with Crippen LogP contribution in [0.4, 0.5) is 0 Å². The van der Waals surface area contributed by atoms with E-state index in [0.717, 1.165) is 0 Å². The first-order valence-corrected chi connectivity index (χ1v) is 41.2. The molecule has 0 aliphatic carbocycles. The zero-order valence-corrected chi connectivity index (χ0v) is 65.1. The molecule has 105 heavy (non-hydrogen) atoms. The smallest absolute Gasteiger partial charge is 0.657 e. The largest absolute Gasteiger partial charge is 2.00 e. The second-order valence-electron chi connectivity index (χ2n) is 23.7. The number of nitrogens with zero attached hydrogens (tertiary/aromatic N) is 8. The van der Waals surface area contributed by atoms with Gasteiger partial charge in [-0.3, -0.25) is 0 Å². The minimum atomic E-state index is -4.08. The fraction of sp³-hybridized carbons (Fsp3) is 0.421. The third-order valence-corrected chi connectivity index (χ3v) is 24.9. The fourth-order valence-electron chi connectivity index (χ4n) is 11.9. The summed E-state index contributed by atoms with van der Waals surface area (Å²) < 4.78 is 167. The first-order valence-electron chi connectivity index (χ1n) is 35.4. The van der Waals surface area contributed by atoms with E-state index in [0.29, 0.717) is 142 Å². The van der Waals surface area contributed by atoms with Gasteiger partial charge >= 0.3 is 17.1 Å². The number of hydrogen-bond acceptors (Lipinski definition) is 18. The Morgan fingerprint density at radius 2 is 0.429 bits per heavy atom. The van der Waals surface area contributed by atoms with Gasteiger partial charge in [-0.2, -0.15) is 17.2 Å². The van der Waals surface area contributed by atoms with Crippen molar-refractivity contribution < 1.29 is 88.6 Å². The van der Waals surface area contributed by atoms with Gasteiger partial charge in [-0.05, 0) is 173 Å². The molecular formula is C76H96CuN8O16S4. The quantitative estimate of drug-likeness (QED) is 0.0253. The van der Waals surface area contributed by atoms with E-state index >= 15 is 0 Å². The summed E-state index contributed by atoms with van der Waals surface area (Å²) in [4.78, 5) is 21.8. The summed E-state index contributed by atoms with van der Waals surface area (Å²) in [6.07, 6.45) is 7.35. The third-order valence-electron chi connectivity index (χ3n) is 17.2. The van der Waals surface area contributed by atoms with E-state index < -0.39 is 40.1 Å². The summed E-state index contributed by atoms with van der Waals surface area (Å²) in [5.41, 5.74) is 7.78. The van der Waals surface area contributed by atoms with Crippen LogP contribution in [0.25, 0.3) is 90.9 Å². The maximum atomic E-state index is 14.5. The van der Waals surface area contributed by atoms with E-state index in [1.54, 1.807) is 97.1 Å². The molecule has 8 bridgehead atoms. The summed E-state index contributed by atoms with van der Waals surface area (Å²) in [7, 11) is -16.3. The average Bonchev–Trinajstić information content (AvgIpc) is 1.68. The Labute approximate surface area is 629 Å². The van der Waals surface area contributed by atoms with Crippen LogP contribution in [0.15, 0.2) is 141 Å². The predicted octanol–water partition coefficient (Wildman–Crippen LogP) is 10.8. The Morgan fingerprint density at radius 3 is 0.581 bits per heavy atom. The summed E-state index contributed by atoms with van der Waals surface area (Å²) in [5, 5.41) is 0. The number of rotatable bonds is 44. The number of sulfonamides is 4. The number of aromatic nitrogens is 4. The Kier molecular flexibility index (Phi) is 32.4. The molecule has 0 unspecified atom stereocenters. The molecule has 0 amide bonds. The van der Waals surface area contributed by atoms with Crippen molar-refractivity contribution in [3.05, 3.63) is 144 Å². The minimum Gasteiger partial charge on any atom is -0.657 e. The molecule has 4 aromatic carbocycles. The van der Waals surface area contributed by atoms with Crippen LogP contribution in [0, 0.1) is 0 Å². The standard InChI is InChI=1S/C76H96N8O16S4.Cu/c1-9-93-49-41-81(42-50-94-10-2)101(85,86)61-25-17-57(18-26-61)73-65-33-35-67(77-65)74(58-19-27-62(28-20-58)102(87,88)82(43-51-95-11-3)44-52-96-12-4)69-37-39-71(79-69)76(60-23-31-64(32-24-60)104(91,92)84(47-55-99-15-7)48-56-100-16-8)72-40-38-70(80-72)75(68-36-34-66(73)78-68)59-21-29-63(30-22-59)103(89,90)83(45-53-97-13-5)46-54-98-14-6;/h17-40H,9-16,41-56H2,1-8H3;/q-2;+2. The predicted molar refractivity (Wildman–Crippen MR) is 406 cm³/mol. The van der Waals surface area contributed by atoms with Gasteiger partial charge in [0.1, 0.15) is 0 Å². The Morgan fingerprint density at radius 1 is 0.267 bits per heavy atom. The Hall–Kier alpha value is -6.68. The first kappa shape index (κ1) is 84.0. The van der Waals surface area contributed by atoms with E-state index in [-0.39, 0.29) is 142 Å². The second kappa shape index (κ2) is 40.5. The molecule has 0 spiro atoms. The van der Waals surface area contributed by atoms with Crippen LogP contribution in [0.2, 0.25) is 0 Å². The van der Waals surface area contributed by atoms with Crippen molar-refractivity contribution in [1.29, 1.82) is 0 Å². The van der Waals surface area contributed by atoms with Gasteiger partial charge in [0.2, 0.25) is 40.1 Å². The SMILES string of the molecule is CCOCCN(CCOCC)S(=O)(=O)c1ccc(-c2c3nc(c(-c4ccc(S(=O)(=O)N(CCOCC)CCOCC)cc4)c4ccc([n-]4)c(-c4ccc(S(=O)(=O)N(CCOCC)CCOCC)cc4)c4nc(c(-c5ccc(S(=O)(=O)N(CCOCC)CCOCC)cc5)c5ccc2[n-]5)C=C4)C=C3)cc1.[Cu+2]. The van der Waals surface area contributed by atoms with E-state index in [1.165, 1.54) is 17.2 Å². The van der Waals surface area contributed by atoms with E-state index in [2.05, 4.69) is 0 Å². The molecule has 9 rings (SSSR count). The van der Waals surface area contributed by atoms with Crippen molar-refractivity contribution in [2.45, 2.75) is 75.0 Å². The van der Waals surface area contributed by atoms with Gasteiger partial charge in [-0.1, -0.05) is 72.8 Å². The number of hydrogen-bond donors (Lipinski definition) is 0. The number of ether oxygens (including phenoxy) is 8. The molecule has 0 saturated heterocycles. The Balaban J connectivity index is 0.0000139. The average molecular weight is 1570 g/mol. The molecule has 571 valence electrons. The first-order chi connectivity index (χ1) is 50.3. The van der Waals surface area contributed by atoms with E-state index in [4.69, 9.17) is 57.8 Å². The van der Waals surface area contributed by atoms with E-state index in [1.807, 2.05) is 104 Å². The number of benzene rings is 4. The normalized spacial score (nSPS) is 12.8. The third kappa shape index (κ3) is 21.0. The zero-order valence-electron chi connectivity index (χ0n) is 60.9. The molecule has 7 aromatic rings. The molecule has 2 aliphatic rings. The fourth-order valence-corrected chi connectivity index (χ4v) is 17.6. The molecule has 0 atom stereocenters. The summed E-state index contributed by atoms with van der Waals surface area (Å²) in [6, 6.07) is 33.5. The molecule has 1 radical (unpaired) electrons. The van der Waals surface area contributed by atoms with Crippen molar-refractivity contribution in [2.75, 3.05) is 158 Å². The molecule has 29 heteroatoms. The molecule has 24 nitrogen and oxygen atoms in total. The van der Waals surface area contributed by atoms with Gasteiger partial charge in [0.05, 0.1) is 95.2 Å². The molecule has 3 aromatic heterocycles. The van der Waals surface area contributed by atoms with Gasteiger partial charge in [0.15, 0.2) is 0 Å². The van der Waals surface area contributed by atoms with Crippen LogP contribution in [-0.2, 0) is 95.1 Å². The summed E-state index contributed by atoms with van der Waals surface area (Å²) >= 11 is 0. The molecule has 2 aliphatic heterocycles. The Bertz CT molecular complexity index is 4060. The van der Waals surface area contributed by atoms with Gasteiger partial charge in [-0.15, -0.1) is 22.1 Å². The topological polar surface area (TPSA) is 277 Å². The minimum absolute atomic E-state index is 0. The van der Waals surface area contributed by atoms with Crippen molar-refractivity contribution in [3.63, 3.8) is 0 Å². The van der Waals surface area contributed by atoms with Gasteiger partial charge in [0.25, 0.3) is 0 Å². The summed E-state index contributed by atoms with van der Waals surface area (Å²) in [5.74, 6) is 0. The van der Waals surface area contributed by atoms with Gasteiger partial charge in [-0.25, -0.2) is 43.6 Å². The van der Waals surface area contributed by atoms with Crippen molar-refractivity contribution >= 4 is 86.5 Å². The maximum Gasteiger partial charge on any atom is 2.00 e. The second-order valence-corrected chi connectivity index (χ2v) is 31.4. The molecule has 0 N–H and O–H groups in total. The van der Waals surface area contributed by atoms with Crippen molar-refractivity contribution in [2.24, 2.45) is 0 Å². The maximum absolute atomic E-state index is 14.5. The zero-order chi connectivity index (χ0) is 74.3. The molecular weight excluding hydrogens is 1470 g/mol. The molecule has 0 saturated carbocycles. The van der Waals surface area contributed by atoms with Gasteiger partial charge < -0.3 is 47.9 Å². The monoisotopic (exact) mass is 1570 g/mol. The van der Waals surface area contributed by atoms with Crippen LogP contribution in [-0.4, -0.2) is 219 Å². The van der Waals surface area contributed by atoms with Crippen LogP contribution >= 0.6 is 0 Å². The summed E-state index contributed by atoms with van der Waals surface area (Å²) in [6.45, 7) is 20.3. The van der Waals surface area contributed by atoms with Crippen molar-refractivity contribution in [1.82, 2.24) is 37.2 Å². The van der Waals surface area contributed by atoms with Crippen LogP contribution < -0.4 is 9.97 Å². The van der Waals surface area contributed by atoms with Crippen LogP contribution in [0.3, 0.4) is 0 Å². The van der Waals surface area contributed by atoms with Crippen LogP contribution in [0.5, 0.6) is 0 Å². The molecule has 0 fully saturated rings. The van der Waals surface area contributed by atoms with Crippen LogP contribution in [0.1, 0.15) is 78.2 Å². The number of fused-ring (bicyclic) bond motifs is 8.